The molecule has 1 aliphatic heterocycles. The Balaban J connectivity index is 1.99. The molecule has 0 radical (unpaired) electrons. The van der Waals surface area contributed by atoms with Crippen molar-refractivity contribution in [2.75, 3.05) is 13.1 Å². The van der Waals surface area contributed by atoms with Crippen molar-refractivity contribution in [1.29, 1.82) is 0 Å². The molecule has 15 heavy (non-hydrogen) atoms. The van der Waals surface area contributed by atoms with Crippen LogP contribution in [0.2, 0.25) is 0 Å². The van der Waals surface area contributed by atoms with Gasteiger partial charge in [-0.05, 0) is 19.9 Å². The second-order valence-electron chi connectivity index (χ2n) is 4.61. The molecule has 2 rings (SSSR count). The predicted octanol–water partition coefficient (Wildman–Crippen LogP) is 1.27. The van der Waals surface area contributed by atoms with Crippen molar-refractivity contribution < 1.29 is 4.74 Å². The summed E-state index contributed by atoms with van der Waals surface area (Å²) < 4.78 is 5.72. The normalized spacial score (nSPS) is 37.7. The minimum atomic E-state index is 0.328. The van der Waals surface area contributed by atoms with E-state index in [0.717, 1.165) is 25.2 Å². The fraction of sp³-hybridized carbons (Fsp3) is 0.667. The highest BCUT2D eigenvalue weighted by Gasteiger charge is 2.27. The van der Waals surface area contributed by atoms with Gasteiger partial charge in [-0.1, -0.05) is 12.2 Å². The van der Waals surface area contributed by atoms with E-state index >= 15 is 0 Å². The lowest BCUT2D eigenvalue weighted by atomic mass is 10.0. The first-order chi connectivity index (χ1) is 7.15. The van der Waals surface area contributed by atoms with Crippen LogP contribution in [0.3, 0.4) is 0 Å². The summed E-state index contributed by atoms with van der Waals surface area (Å²) in [7, 11) is 0. The molecule has 3 heteroatoms. The number of nitrogens with two attached hydrogens (primary N) is 1. The van der Waals surface area contributed by atoms with Gasteiger partial charge in [0.25, 0.3) is 0 Å². The summed E-state index contributed by atoms with van der Waals surface area (Å²) >= 11 is 0. The molecule has 2 N–H and O–H groups in total. The van der Waals surface area contributed by atoms with Gasteiger partial charge in [-0.25, -0.2) is 0 Å². The number of hydrogen-bond donors (Lipinski definition) is 1. The van der Waals surface area contributed by atoms with Crippen LogP contribution in [0.15, 0.2) is 23.9 Å². The van der Waals surface area contributed by atoms with Crippen molar-refractivity contribution in [2.24, 2.45) is 5.73 Å². The van der Waals surface area contributed by atoms with Gasteiger partial charge in [0.15, 0.2) is 0 Å². The van der Waals surface area contributed by atoms with E-state index in [-0.39, 0.29) is 0 Å². The van der Waals surface area contributed by atoms with Crippen molar-refractivity contribution in [2.45, 2.75) is 38.5 Å². The van der Waals surface area contributed by atoms with Crippen LogP contribution in [0.4, 0.5) is 0 Å². The lowest BCUT2D eigenvalue weighted by molar-refractivity contribution is -0.0753. The molecule has 1 heterocycles. The second kappa shape index (κ2) is 4.37. The summed E-state index contributed by atoms with van der Waals surface area (Å²) in [6.45, 7) is 6.28. The monoisotopic (exact) mass is 208 g/mol. The Labute approximate surface area is 91.6 Å². The van der Waals surface area contributed by atoms with Gasteiger partial charge in [-0.3, -0.25) is 4.90 Å². The zero-order valence-electron chi connectivity index (χ0n) is 9.52. The van der Waals surface area contributed by atoms with Gasteiger partial charge in [0.2, 0.25) is 0 Å². The summed E-state index contributed by atoms with van der Waals surface area (Å²) in [6.07, 6.45) is 7.90. The molecule has 0 saturated carbocycles. The van der Waals surface area contributed by atoms with Crippen molar-refractivity contribution in [3.05, 3.63) is 23.9 Å². The van der Waals surface area contributed by atoms with Crippen molar-refractivity contribution in [3.8, 4) is 0 Å². The van der Waals surface area contributed by atoms with E-state index in [4.69, 9.17) is 10.5 Å². The van der Waals surface area contributed by atoms with Crippen LogP contribution in [-0.2, 0) is 4.74 Å². The zero-order valence-corrected chi connectivity index (χ0v) is 9.52. The SMILES string of the molecule is CC1CN(C2C=CC=C(N)C2)CC(C)O1. The van der Waals surface area contributed by atoms with E-state index in [0.29, 0.717) is 18.2 Å². The van der Waals surface area contributed by atoms with Gasteiger partial charge in [-0.15, -0.1) is 0 Å². The Bertz CT molecular complexity index is 275. The summed E-state index contributed by atoms with van der Waals surface area (Å²) in [5.41, 5.74) is 6.83. The molecule has 3 atom stereocenters. The fourth-order valence-electron chi connectivity index (χ4n) is 2.42. The lowest BCUT2D eigenvalue weighted by Gasteiger charge is -2.39. The molecule has 0 aromatic heterocycles. The minimum absolute atomic E-state index is 0.328. The number of ether oxygens (including phenoxy) is 1. The zero-order chi connectivity index (χ0) is 10.8. The van der Waals surface area contributed by atoms with E-state index in [1.54, 1.807) is 0 Å². The molecule has 0 aromatic rings. The standard InChI is InChI=1S/C12H20N2O/c1-9-7-14(8-10(2)15-9)12-5-3-4-11(13)6-12/h3-5,9-10,12H,6-8,13H2,1-2H3. The molecule has 1 aliphatic carbocycles. The van der Waals surface area contributed by atoms with Gasteiger partial charge in [0, 0.05) is 31.2 Å². The van der Waals surface area contributed by atoms with Gasteiger partial charge < -0.3 is 10.5 Å². The molecule has 0 aromatic carbocycles. The molecule has 0 spiro atoms. The van der Waals surface area contributed by atoms with E-state index in [1.165, 1.54) is 0 Å². The molecule has 2 aliphatic rings. The first-order valence-electron chi connectivity index (χ1n) is 5.67. The molecule has 3 unspecified atom stereocenters. The first kappa shape index (κ1) is 10.7. The molecule has 0 amide bonds. The fourth-order valence-corrected chi connectivity index (χ4v) is 2.42. The molecule has 1 saturated heterocycles. The maximum Gasteiger partial charge on any atom is 0.0678 e. The van der Waals surface area contributed by atoms with Crippen molar-refractivity contribution >= 4 is 0 Å². The average molecular weight is 208 g/mol. The third kappa shape index (κ3) is 2.61. The smallest absolute Gasteiger partial charge is 0.0678 e. The van der Waals surface area contributed by atoms with Crippen molar-refractivity contribution in [1.82, 2.24) is 4.90 Å². The van der Waals surface area contributed by atoms with E-state index < -0.39 is 0 Å². The van der Waals surface area contributed by atoms with Crippen LogP contribution in [0.25, 0.3) is 0 Å². The van der Waals surface area contributed by atoms with Crippen molar-refractivity contribution in [3.63, 3.8) is 0 Å². The minimum Gasteiger partial charge on any atom is -0.402 e. The Morgan fingerprint density at radius 3 is 2.60 bits per heavy atom. The summed E-state index contributed by atoms with van der Waals surface area (Å²) in [6, 6.07) is 0.462. The molecule has 3 nitrogen and oxygen atoms in total. The number of hydrogen-bond acceptors (Lipinski definition) is 3. The van der Waals surface area contributed by atoms with Gasteiger partial charge in [-0.2, -0.15) is 0 Å². The third-order valence-electron chi connectivity index (χ3n) is 3.01. The molecule has 1 fully saturated rings. The maximum absolute atomic E-state index is 5.85. The highest BCUT2D eigenvalue weighted by Crippen LogP contribution is 2.19. The first-order valence-corrected chi connectivity index (χ1v) is 5.67. The number of nitrogens with zero attached hydrogens (tertiary/aromatic N) is 1. The maximum atomic E-state index is 5.85. The number of rotatable bonds is 1. The average Bonchev–Trinajstić information content (AvgIpc) is 2.16. The van der Waals surface area contributed by atoms with Gasteiger partial charge >= 0.3 is 0 Å². The quantitative estimate of drug-likeness (QED) is 0.705. The molecular weight excluding hydrogens is 188 g/mol. The van der Waals surface area contributed by atoms with Crippen LogP contribution in [0.1, 0.15) is 20.3 Å². The van der Waals surface area contributed by atoms with Crippen LogP contribution in [-0.4, -0.2) is 36.2 Å². The van der Waals surface area contributed by atoms with Gasteiger partial charge in [0.05, 0.1) is 12.2 Å². The second-order valence-corrected chi connectivity index (χ2v) is 4.61. The predicted molar refractivity (Wildman–Crippen MR) is 61.4 cm³/mol. The Hall–Kier alpha value is -0.800. The Morgan fingerprint density at radius 1 is 1.33 bits per heavy atom. The largest absolute Gasteiger partial charge is 0.402 e. The lowest BCUT2D eigenvalue weighted by Crippen LogP contribution is -2.50. The molecular formula is C12H20N2O. The van der Waals surface area contributed by atoms with Crippen LogP contribution in [0, 0.1) is 0 Å². The Kier molecular flexibility index (Phi) is 3.12. The van der Waals surface area contributed by atoms with E-state index in [1.807, 2.05) is 6.08 Å². The number of allylic oxidation sites excluding steroid dienone is 2. The van der Waals surface area contributed by atoms with Crippen LogP contribution >= 0.6 is 0 Å². The van der Waals surface area contributed by atoms with Crippen LogP contribution < -0.4 is 5.73 Å². The third-order valence-corrected chi connectivity index (χ3v) is 3.01. The summed E-state index contributed by atoms with van der Waals surface area (Å²) in [5.74, 6) is 0. The number of morpholine rings is 1. The van der Waals surface area contributed by atoms with E-state index in [2.05, 4.69) is 30.9 Å². The Morgan fingerprint density at radius 2 is 2.00 bits per heavy atom. The van der Waals surface area contributed by atoms with Gasteiger partial charge in [0.1, 0.15) is 0 Å². The molecule has 84 valence electrons. The van der Waals surface area contributed by atoms with Crippen LogP contribution in [0.5, 0.6) is 0 Å². The summed E-state index contributed by atoms with van der Waals surface area (Å²) in [4.78, 5) is 2.47. The highest BCUT2D eigenvalue weighted by atomic mass is 16.5. The summed E-state index contributed by atoms with van der Waals surface area (Å²) in [5, 5.41) is 0. The molecule has 0 bridgehead atoms. The highest BCUT2D eigenvalue weighted by molar-refractivity contribution is 5.20. The topological polar surface area (TPSA) is 38.5 Å². The van der Waals surface area contributed by atoms with E-state index in [9.17, 15) is 0 Å².